The first kappa shape index (κ1) is 19.7. The quantitative estimate of drug-likeness (QED) is 0.236. The van der Waals surface area contributed by atoms with E-state index in [9.17, 15) is 9.59 Å². The molecule has 0 saturated heterocycles. The van der Waals surface area contributed by atoms with Gasteiger partial charge in [-0.15, -0.1) is 0 Å². The van der Waals surface area contributed by atoms with Crippen LogP contribution in [0.5, 0.6) is 11.5 Å². The molecule has 0 spiro atoms. The van der Waals surface area contributed by atoms with Crippen molar-refractivity contribution >= 4 is 57.0 Å². The molecule has 0 fully saturated rings. The predicted octanol–water partition coefficient (Wildman–Crippen LogP) is 6.59. The highest BCUT2D eigenvalue weighted by Crippen LogP contribution is 2.36. The number of benzene rings is 3. The van der Waals surface area contributed by atoms with E-state index in [1.807, 2.05) is 0 Å². The maximum Gasteiger partial charge on any atom is 0.344 e. The topological polar surface area (TPSA) is 52.6 Å². The Bertz CT molecular complexity index is 1170. The number of Topliss-reactive ketones (excluding diaryl/α,β-unsaturated/α-hetero) is 1. The summed E-state index contributed by atoms with van der Waals surface area (Å²) in [6.07, 6.45) is 1.50. The van der Waals surface area contributed by atoms with Crippen LogP contribution in [0.1, 0.15) is 26.3 Å². The van der Waals surface area contributed by atoms with Crippen molar-refractivity contribution in [2.24, 2.45) is 0 Å². The normalized spacial score (nSPS) is 13.9. The Kier molecular flexibility index (Phi) is 5.46. The first-order valence-corrected chi connectivity index (χ1v) is 9.98. The molecular weight excluding hydrogens is 479 g/mol. The molecule has 0 radical (unpaired) electrons. The van der Waals surface area contributed by atoms with Gasteiger partial charge in [0.1, 0.15) is 11.5 Å². The molecule has 144 valence electrons. The summed E-state index contributed by atoms with van der Waals surface area (Å²) in [6.45, 7) is 0. The van der Waals surface area contributed by atoms with Gasteiger partial charge >= 0.3 is 5.97 Å². The second kappa shape index (κ2) is 8.03. The van der Waals surface area contributed by atoms with Crippen LogP contribution in [0.15, 0.2) is 70.9 Å². The van der Waals surface area contributed by atoms with Gasteiger partial charge in [-0.2, -0.15) is 0 Å². The Labute approximate surface area is 184 Å². The van der Waals surface area contributed by atoms with E-state index in [4.69, 9.17) is 32.7 Å². The molecule has 0 aromatic heterocycles. The third-order valence-electron chi connectivity index (χ3n) is 4.22. The molecule has 7 heteroatoms. The van der Waals surface area contributed by atoms with E-state index in [0.717, 1.165) is 0 Å². The van der Waals surface area contributed by atoms with E-state index in [-0.39, 0.29) is 17.3 Å². The fraction of sp³-hybridized carbons (Fsp3) is 0. The Morgan fingerprint density at radius 2 is 1.72 bits per heavy atom. The molecule has 0 aliphatic carbocycles. The lowest BCUT2D eigenvalue weighted by molar-refractivity contribution is 0.0733. The van der Waals surface area contributed by atoms with Crippen molar-refractivity contribution < 1.29 is 19.1 Å². The summed E-state index contributed by atoms with van der Waals surface area (Å²) in [5.74, 6) is -0.194. The van der Waals surface area contributed by atoms with E-state index in [1.165, 1.54) is 12.1 Å². The van der Waals surface area contributed by atoms with Crippen LogP contribution in [-0.2, 0) is 0 Å². The molecule has 0 amide bonds. The zero-order chi connectivity index (χ0) is 20.5. The number of hydrogen-bond donors (Lipinski definition) is 0. The Morgan fingerprint density at radius 1 is 1.00 bits per heavy atom. The van der Waals surface area contributed by atoms with Crippen molar-refractivity contribution in [3.63, 3.8) is 0 Å². The molecule has 1 aliphatic heterocycles. The highest BCUT2D eigenvalue weighted by Gasteiger charge is 2.28. The first-order chi connectivity index (χ1) is 13.9. The minimum atomic E-state index is -0.527. The van der Waals surface area contributed by atoms with E-state index < -0.39 is 5.97 Å². The van der Waals surface area contributed by atoms with Crippen LogP contribution >= 0.6 is 39.1 Å². The summed E-state index contributed by atoms with van der Waals surface area (Å²) >= 11 is 15.6. The first-order valence-electron chi connectivity index (χ1n) is 8.43. The number of fused-ring (bicyclic) bond motifs is 1. The van der Waals surface area contributed by atoms with Gasteiger partial charge in [0.15, 0.2) is 5.76 Å². The van der Waals surface area contributed by atoms with Crippen molar-refractivity contribution in [3.05, 3.63) is 97.6 Å². The van der Waals surface area contributed by atoms with Gasteiger partial charge in [0, 0.05) is 26.1 Å². The van der Waals surface area contributed by atoms with Crippen LogP contribution < -0.4 is 9.47 Å². The predicted molar refractivity (Wildman–Crippen MR) is 115 cm³/mol. The molecule has 4 nitrogen and oxygen atoms in total. The maximum atomic E-state index is 12.6. The lowest BCUT2D eigenvalue weighted by Crippen LogP contribution is -2.09. The number of halogens is 3. The number of ether oxygens (including phenoxy) is 2. The van der Waals surface area contributed by atoms with Crippen molar-refractivity contribution in [1.82, 2.24) is 0 Å². The van der Waals surface area contributed by atoms with Gasteiger partial charge in [0.05, 0.1) is 11.1 Å². The van der Waals surface area contributed by atoms with Gasteiger partial charge < -0.3 is 9.47 Å². The van der Waals surface area contributed by atoms with E-state index in [2.05, 4.69) is 15.9 Å². The number of esters is 1. The molecule has 0 bridgehead atoms. The summed E-state index contributed by atoms with van der Waals surface area (Å²) in [5, 5.41) is 0.806. The van der Waals surface area contributed by atoms with Crippen LogP contribution in [0, 0.1) is 0 Å². The largest absolute Gasteiger partial charge is 0.452 e. The maximum absolute atomic E-state index is 12.6. The molecule has 0 saturated carbocycles. The lowest BCUT2D eigenvalue weighted by Gasteiger charge is -2.07. The lowest BCUT2D eigenvalue weighted by atomic mass is 10.1. The third kappa shape index (κ3) is 3.94. The zero-order valence-corrected chi connectivity index (χ0v) is 17.7. The van der Waals surface area contributed by atoms with Crippen molar-refractivity contribution in [2.45, 2.75) is 0 Å². The molecule has 3 aromatic rings. The van der Waals surface area contributed by atoms with Crippen LogP contribution in [0.2, 0.25) is 10.0 Å². The van der Waals surface area contributed by atoms with Gasteiger partial charge in [-0.05, 0) is 58.4 Å². The molecule has 4 rings (SSSR count). The highest BCUT2D eigenvalue weighted by atomic mass is 79.9. The molecule has 0 N–H and O–H groups in total. The van der Waals surface area contributed by atoms with Crippen LogP contribution in [0.3, 0.4) is 0 Å². The minimum absolute atomic E-state index is 0.0873. The van der Waals surface area contributed by atoms with E-state index in [1.54, 1.807) is 54.6 Å². The monoisotopic (exact) mass is 488 g/mol. The van der Waals surface area contributed by atoms with Crippen molar-refractivity contribution in [1.29, 1.82) is 0 Å². The molecule has 0 unspecified atom stereocenters. The SMILES string of the molecule is O=C(Oc1ccc2c(c1)O/C(=C\c1c(Cl)cccc1Cl)C2=O)c1ccccc1Br. The fourth-order valence-corrected chi connectivity index (χ4v) is 3.75. The number of rotatable bonds is 3. The van der Waals surface area contributed by atoms with Crippen LogP contribution in [0.4, 0.5) is 0 Å². The van der Waals surface area contributed by atoms with Crippen molar-refractivity contribution in [3.8, 4) is 11.5 Å². The minimum Gasteiger partial charge on any atom is -0.452 e. The number of carbonyl (C=O) groups is 2. The molecule has 1 heterocycles. The second-order valence-electron chi connectivity index (χ2n) is 6.10. The number of hydrogen-bond acceptors (Lipinski definition) is 4. The zero-order valence-electron chi connectivity index (χ0n) is 14.6. The van der Waals surface area contributed by atoms with Gasteiger partial charge in [-0.1, -0.05) is 41.4 Å². The van der Waals surface area contributed by atoms with Crippen LogP contribution in [0.25, 0.3) is 6.08 Å². The fourth-order valence-electron chi connectivity index (χ4n) is 2.80. The summed E-state index contributed by atoms with van der Waals surface area (Å²) in [7, 11) is 0. The van der Waals surface area contributed by atoms with Gasteiger partial charge in [-0.3, -0.25) is 4.79 Å². The summed E-state index contributed by atoms with van der Waals surface area (Å²) in [5.41, 5.74) is 1.24. The number of ketones is 1. The summed E-state index contributed by atoms with van der Waals surface area (Å²) in [6, 6.07) is 16.6. The van der Waals surface area contributed by atoms with E-state index >= 15 is 0 Å². The van der Waals surface area contributed by atoms with Gasteiger partial charge in [0.2, 0.25) is 5.78 Å². The van der Waals surface area contributed by atoms with Crippen LogP contribution in [-0.4, -0.2) is 11.8 Å². The number of carbonyl (C=O) groups excluding carboxylic acids is 2. The molecular formula is C22H11BrCl2O4. The standard InChI is InChI=1S/C22H11BrCl2O4/c23-16-5-2-1-4-13(16)22(27)28-12-8-9-14-19(10-12)29-20(21(14)26)11-15-17(24)6-3-7-18(15)25/h1-11H/b20-11-. The average molecular weight is 490 g/mol. The smallest absolute Gasteiger partial charge is 0.344 e. The Morgan fingerprint density at radius 3 is 2.45 bits per heavy atom. The molecule has 0 atom stereocenters. The Balaban J connectivity index is 1.60. The summed E-state index contributed by atoms with van der Waals surface area (Å²) < 4.78 is 11.7. The highest BCUT2D eigenvalue weighted by molar-refractivity contribution is 9.10. The third-order valence-corrected chi connectivity index (χ3v) is 5.57. The van der Waals surface area contributed by atoms with Gasteiger partial charge in [-0.25, -0.2) is 4.79 Å². The van der Waals surface area contributed by atoms with E-state index in [0.29, 0.717) is 37.0 Å². The summed E-state index contributed by atoms with van der Waals surface area (Å²) in [4.78, 5) is 25.0. The Hall–Kier alpha value is -2.60. The average Bonchev–Trinajstić information content (AvgIpc) is 3.00. The molecule has 3 aromatic carbocycles. The van der Waals surface area contributed by atoms with Crippen molar-refractivity contribution in [2.75, 3.05) is 0 Å². The molecule has 29 heavy (non-hydrogen) atoms. The van der Waals surface area contributed by atoms with Gasteiger partial charge in [0.25, 0.3) is 0 Å². The molecule has 1 aliphatic rings. The second-order valence-corrected chi connectivity index (χ2v) is 7.77. The number of allylic oxidation sites excluding steroid dienone is 1.